The molecule has 1 aromatic rings. The average Bonchev–Trinajstić information content (AvgIpc) is 2.81. The van der Waals surface area contributed by atoms with Crippen molar-refractivity contribution in [1.29, 1.82) is 0 Å². The van der Waals surface area contributed by atoms with Crippen molar-refractivity contribution in [2.75, 3.05) is 13.1 Å². The van der Waals surface area contributed by atoms with E-state index >= 15 is 0 Å². The smallest absolute Gasteiger partial charge is 0.407 e. The van der Waals surface area contributed by atoms with Crippen molar-refractivity contribution in [3.05, 3.63) is 35.9 Å². The second-order valence-electron chi connectivity index (χ2n) is 4.07. The van der Waals surface area contributed by atoms with Gasteiger partial charge >= 0.3 is 6.09 Å². The summed E-state index contributed by atoms with van der Waals surface area (Å²) in [6, 6.07) is 9.34. The van der Waals surface area contributed by atoms with Crippen LogP contribution in [0.1, 0.15) is 12.0 Å². The van der Waals surface area contributed by atoms with Crippen LogP contribution in [0.5, 0.6) is 0 Å². The molecular formula is C12H14N2O3. The minimum Gasteiger partial charge on any atom is -0.465 e. The highest BCUT2D eigenvalue weighted by Crippen LogP contribution is 2.21. The molecule has 1 saturated heterocycles. The molecule has 1 fully saturated rings. The summed E-state index contributed by atoms with van der Waals surface area (Å²) in [5.41, 5.74) is 1.40. The second-order valence-corrected chi connectivity index (χ2v) is 4.07. The number of hydrogen-bond donors (Lipinski definition) is 2. The fraction of sp³-hybridized carbons (Fsp3) is 0.333. The zero-order valence-corrected chi connectivity index (χ0v) is 9.28. The van der Waals surface area contributed by atoms with Gasteiger partial charge < -0.3 is 15.2 Å². The predicted octanol–water partition coefficient (Wildman–Crippen LogP) is 1.86. The normalized spacial score (nSPS) is 20.6. The van der Waals surface area contributed by atoms with Crippen molar-refractivity contribution < 1.29 is 15.1 Å². The summed E-state index contributed by atoms with van der Waals surface area (Å²) in [6.07, 6.45) is -0.224. The Morgan fingerprint density at radius 2 is 2.06 bits per heavy atom. The first-order valence-corrected chi connectivity index (χ1v) is 5.47. The van der Waals surface area contributed by atoms with Crippen molar-refractivity contribution >= 4 is 11.8 Å². The molecule has 0 saturated carbocycles. The average molecular weight is 234 g/mol. The van der Waals surface area contributed by atoms with Gasteiger partial charge in [-0.25, -0.2) is 4.79 Å². The molecule has 1 atom stereocenters. The van der Waals surface area contributed by atoms with Crippen LogP contribution in [-0.2, 0) is 0 Å². The molecule has 5 heteroatoms. The third kappa shape index (κ3) is 2.38. The monoisotopic (exact) mass is 234 g/mol. The first-order valence-electron chi connectivity index (χ1n) is 5.47. The lowest BCUT2D eigenvalue weighted by Crippen LogP contribution is -2.28. The van der Waals surface area contributed by atoms with E-state index in [1.54, 1.807) is 0 Å². The van der Waals surface area contributed by atoms with E-state index in [1.807, 2.05) is 30.3 Å². The third-order valence-electron chi connectivity index (χ3n) is 3.02. The zero-order chi connectivity index (χ0) is 12.3. The second kappa shape index (κ2) is 4.86. The molecule has 1 unspecified atom stereocenters. The summed E-state index contributed by atoms with van der Waals surface area (Å²) in [5.74, 6) is -0.0292. The number of nitrogens with zero attached hydrogens (tertiary/aromatic N) is 2. The first-order chi connectivity index (χ1) is 8.22. The molecule has 17 heavy (non-hydrogen) atoms. The van der Waals surface area contributed by atoms with Crippen LogP contribution in [-0.4, -0.2) is 40.1 Å². The van der Waals surface area contributed by atoms with E-state index < -0.39 is 6.09 Å². The standard InChI is InChI=1S/C12H14N2O3/c15-12(16)14-7-6-10(8-14)11(13-17)9-4-2-1-3-5-9/h1-5,10,17H,6-8H2,(H,15,16). The summed E-state index contributed by atoms with van der Waals surface area (Å²) >= 11 is 0. The molecule has 1 aliphatic rings. The number of carboxylic acid groups (broad SMARTS) is 1. The Bertz CT molecular complexity index is 431. The number of likely N-dealkylation sites (tertiary alicyclic amines) is 1. The number of hydrogen-bond acceptors (Lipinski definition) is 3. The van der Waals surface area contributed by atoms with Gasteiger partial charge in [0.1, 0.15) is 0 Å². The van der Waals surface area contributed by atoms with E-state index in [-0.39, 0.29) is 5.92 Å². The largest absolute Gasteiger partial charge is 0.465 e. The van der Waals surface area contributed by atoms with Crippen molar-refractivity contribution in [2.24, 2.45) is 11.1 Å². The van der Waals surface area contributed by atoms with E-state index in [9.17, 15) is 4.79 Å². The maximum absolute atomic E-state index is 10.8. The molecule has 0 radical (unpaired) electrons. The van der Waals surface area contributed by atoms with Crippen molar-refractivity contribution in [3.8, 4) is 0 Å². The SMILES string of the molecule is O=C(O)N1CCC(C(=NO)c2ccccc2)C1. The van der Waals surface area contributed by atoms with Gasteiger partial charge in [-0.1, -0.05) is 35.5 Å². The Labute approximate surface area is 99.0 Å². The number of amides is 1. The van der Waals surface area contributed by atoms with Crippen LogP contribution >= 0.6 is 0 Å². The first kappa shape index (κ1) is 11.4. The molecule has 2 N–H and O–H groups in total. The number of benzene rings is 1. The fourth-order valence-electron chi connectivity index (χ4n) is 2.14. The van der Waals surface area contributed by atoms with Gasteiger partial charge in [0.25, 0.3) is 0 Å². The minimum absolute atomic E-state index is 0.0292. The molecule has 1 aliphatic heterocycles. The fourth-order valence-corrected chi connectivity index (χ4v) is 2.14. The summed E-state index contributed by atoms with van der Waals surface area (Å²) in [4.78, 5) is 12.2. The lowest BCUT2D eigenvalue weighted by Gasteiger charge is -2.13. The summed E-state index contributed by atoms with van der Waals surface area (Å²) in [7, 11) is 0. The highest BCUT2D eigenvalue weighted by atomic mass is 16.4. The molecule has 2 rings (SSSR count). The van der Waals surface area contributed by atoms with Gasteiger partial charge in [-0.2, -0.15) is 0 Å². The van der Waals surface area contributed by atoms with E-state index in [1.165, 1.54) is 4.90 Å². The third-order valence-corrected chi connectivity index (χ3v) is 3.02. The molecule has 0 bridgehead atoms. The summed E-state index contributed by atoms with van der Waals surface area (Å²) < 4.78 is 0. The maximum atomic E-state index is 10.8. The van der Waals surface area contributed by atoms with Crippen LogP contribution in [0.25, 0.3) is 0 Å². The van der Waals surface area contributed by atoms with Gasteiger partial charge in [-0.15, -0.1) is 0 Å². The topological polar surface area (TPSA) is 73.1 Å². The quantitative estimate of drug-likeness (QED) is 0.466. The van der Waals surface area contributed by atoms with Crippen LogP contribution in [0, 0.1) is 5.92 Å². The molecule has 1 aromatic carbocycles. The van der Waals surface area contributed by atoms with Gasteiger partial charge in [0.2, 0.25) is 0 Å². The minimum atomic E-state index is -0.919. The van der Waals surface area contributed by atoms with Crippen LogP contribution in [0.4, 0.5) is 4.79 Å². The summed E-state index contributed by atoms with van der Waals surface area (Å²) in [6.45, 7) is 0.884. The van der Waals surface area contributed by atoms with Gasteiger partial charge in [0, 0.05) is 19.0 Å². The highest BCUT2D eigenvalue weighted by Gasteiger charge is 2.30. The maximum Gasteiger partial charge on any atom is 0.407 e. The van der Waals surface area contributed by atoms with E-state index in [0.29, 0.717) is 25.2 Å². The number of carbonyl (C=O) groups is 1. The summed E-state index contributed by atoms with van der Waals surface area (Å²) in [5, 5.41) is 21.3. The van der Waals surface area contributed by atoms with Crippen molar-refractivity contribution in [1.82, 2.24) is 4.90 Å². The van der Waals surface area contributed by atoms with Crippen LogP contribution < -0.4 is 0 Å². The molecule has 5 nitrogen and oxygen atoms in total. The van der Waals surface area contributed by atoms with Gasteiger partial charge in [-0.05, 0) is 12.0 Å². The highest BCUT2D eigenvalue weighted by molar-refractivity contribution is 6.02. The van der Waals surface area contributed by atoms with Gasteiger partial charge in [0.15, 0.2) is 0 Å². The molecule has 1 heterocycles. The molecular weight excluding hydrogens is 220 g/mol. The Balaban J connectivity index is 2.15. The molecule has 0 aliphatic carbocycles. The zero-order valence-electron chi connectivity index (χ0n) is 9.28. The van der Waals surface area contributed by atoms with Gasteiger partial charge in [0.05, 0.1) is 5.71 Å². The van der Waals surface area contributed by atoms with Crippen LogP contribution in [0.15, 0.2) is 35.5 Å². The predicted molar refractivity (Wildman–Crippen MR) is 62.5 cm³/mol. The lowest BCUT2D eigenvalue weighted by molar-refractivity contribution is 0.155. The molecule has 0 spiro atoms. The Hall–Kier alpha value is -2.04. The van der Waals surface area contributed by atoms with E-state index in [2.05, 4.69) is 5.16 Å². The lowest BCUT2D eigenvalue weighted by atomic mass is 9.96. The van der Waals surface area contributed by atoms with Gasteiger partial charge in [-0.3, -0.25) is 0 Å². The molecule has 1 amide bonds. The van der Waals surface area contributed by atoms with Crippen molar-refractivity contribution in [3.63, 3.8) is 0 Å². The Morgan fingerprint density at radius 1 is 1.35 bits per heavy atom. The Kier molecular flexibility index (Phi) is 3.27. The van der Waals surface area contributed by atoms with E-state index in [0.717, 1.165) is 5.56 Å². The van der Waals surface area contributed by atoms with E-state index in [4.69, 9.17) is 10.3 Å². The Morgan fingerprint density at radius 3 is 2.59 bits per heavy atom. The van der Waals surface area contributed by atoms with Crippen molar-refractivity contribution in [2.45, 2.75) is 6.42 Å². The molecule has 0 aromatic heterocycles. The number of oxime groups is 1. The number of rotatable bonds is 2. The molecule has 90 valence electrons. The van der Waals surface area contributed by atoms with Crippen LogP contribution in [0.3, 0.4) is 0 Å². The van der Waals surface area contributed by atoms with Crippen LogP contribution in [0.2, 0.25) is 0 Å².